The van der Waals surface area contributed by atoms with Crippen LogP contribution in [0.3, 0.4) is 0 Å². The number of hydrogen-bond donors (Lipinski definition) is 2. The summed E-state index contributed by atoms with van der Waals surface area (Å²) in [4.78, 5) is 17.7. The topological polar surface area (TPSA) is 66.0 Å². The standard InChI is InChI=1S/C18H38N4O2.HI/c1-7-24-13-9-12-19-18(20-14-17(23)22(5)6)21-16(4)11-8-10-15(2)3;/h15-16H,7-14H2,1-6H3,(H2,19,20,21);1H. The number of rotatable bonds is 12. The fraction of sp³-hybridized carbons (Fsp3) is 0.889. The van der Waals surface area contributed by atoms with Crippen LogP contribution in [0.15, 0.2) is 4.99 Å². The Balaban J connectivity index is 0. The third-order valence-corrected chi connectivity index (χ3v) is 3.63. The molecule has 0 aliphatic rings. The van der Waals surface area contributed by atoms with Gasteiger partial charge in [0.05, 0.1) is 0 Å². The monoisotopic (exact) mass is 470 g/mol. The largest absolute Gasteiger partial charge is 0.382 e. The fourth-order valence-corrected chi connectivity index (χ4v) is 2.10. The Bertz CT molecular complexity index is 363. The third-order valence-electron chi connectivity index (χ3n) is 3.63. The molecule has 0 bridgehead atoms. The Morgan fingerprint density at radius 2 is 1.84 bits per heavy atom. The van der Waals surface area contributed by atoms with E-state index in [1.54, 1.807) is 19.0 Å². The van der Waals surface area contributed by atoms with Gasteiger partial charge in [-0.1, -0.05) is 26.7 Å². The number of nitrogens with one attached hydrogen (secondary N) is 2. The van der Waals surface area contributed by atoms with Crippen molar-refractivity contribution < 1.29 is 9.53 Å². The number of guanidine groups is 1. The molecule has 0 aromatic rings. The smallest absolute Gasteiger partial charge is 0.243 e. The summed E-state index contributed by atoms with van der Waals surface area (Å²) in [5.41, 5.74) is 0. The molecule has 1 unspecified atom stereocenters. The van der Waals surface area contributed by atoms with Gasteiger partial charge in [0, 0.05) is 39.9 Å². The highest BCUT2D eigenvalue weighted by Gasteiger charge is 2.08. The number of ether oxygens (including phenoxy) is 1. The van der Waals surface area contributed by atoms with E-state index in [1.165, 1.54) is 12.8 Å². The summed E-state index contributed by atoms with van der Waals surface area (Å²) in [5, 5.41) is 6.69. The van der Waals surface area contributed by atoms with Gasteiger partial charge in [-0.25, -0.2) is 4.99 Å². The van der Waals surface area contributed by atoms with Gasteiger partial charge in [-0.05, 0) is 32.6 Å². The molecule has 0 radical (unpaired) electrons. The molecular formula is C18H39IN4O2. The van der Waals surface area contributed by atoms with E-state index in [2.05, 4.69) is 36.4 Å². The average Bonchev–Trinajstić information content (AvgIpc) is 2.51. The molecule has 0 aromatic carbocycles. The van der Waals surface area contributed by atoms with E-state index in [1.807, 2.05) is 6.92 Å². The van der Waals surface area contributed by atoms with E-state index in [0.717, 1.165) is 38.5 Å². The Morgan fingerprint density at radius 3 is 2.40 bits per heavy atom. The first-order chi connectivity index (χ1) is 11.4. The van der Waals surface area contributed by atoms with Crippen LogP contribution in [0.1, 0.15) is 53.4 Å². The van der Waals surface area contributed by atoms with E-state index in [-0.39, 0.29) is 36.4 Å². The molecule has 0 aliphatic carbocycles. The lowest BCUT2D eigenvalue weighted by atomic mass is 10.0. The van der Waals surface area contributed by atoms with Gasteiger partial charge in [0.2, 0.25) is 5.91 Å². The third kappa shape index (κ3) is 16.6. The van der Waals surface area contributed by atoms with Crippen LogP contribution in [0.5, 0.6) is 0 Å². The van der Waals surface area contributed by atoms with Crippen molar-refractivity contribution in [2.24, 2.45) is 10.9 Å². The Labute approximate surface area is 171 Å². The van der Waals surface area contributed by atoms with Crippen molar-refractivity contribution in [1.82, 2.24) is 15.5 Å². The molecule has 0 saturated heterocycles. The minimum absolute atomic E-state index is 0. The van der Waals surface area contributed by atoms with Crippen molar-refractivity contribution in [3.8, 4) is 0 Å². The quantitative estimate of drug-likeness (QED) is 0.199. The van der Waals surface area contributed by atoms with Crippen molar-refractivity contribution >= 4 is 35.8 Å². The first-order valence-electron chi connectivity index (χ1n) is 9.19. The molecule has 0 fully saturated rings. The number of nitrogens with zero attached hydrogens (tertiary/aromatic N) is 2. The van der Waals surface area contributed by atoms with Crippen LogP contribution in [-0.4, -0.2) is 63.2 Å². The molecular weight excluding hydrogens is 431 g/mol. The summed E-state index contributed by atoms with van der Waals surface area (Å²) in [5.74, 6) is 1.44. The number of aliphatic imine (C=N–C) groups is 1. The number of amides is 1. The normalized spacial score (nSPS) is 12.5. The van der Waals surface area contributed by atoms with Gasteiger partial charge in [0.15, 0.2) is 5.96 Å². The molecule has 1 atom stereocenters. The van der Waals surface area contributed by atoms with E-state index in [0.29, 0.717) is 12.0 Å². The summed E-state index contributed by atoms with van der Waals surface area (Å²) >= 11 is 0. The molecule has 0 saturated carbocycles. The predicted octanol–water partition coefficient (Wildman–Crippen LogP) is 2.87. The lowest BCUT2D eigenvalue weighted by molar-refractivity contribution is -0.127. The molecule has 25 heavy (non-hydrogen) atoms. The molecule has 0 rings (SSSR count). The van der Waals surface area contributed by atoms with Crippen LogP contribution in [0.4, 0.5) is 0 Å². The first kappa shape index (κ1) is 26.7. The van der Waals surface area contributed by atoms with Crippen molar-refractivity contribution in [2.75, 3.05) is 40.4 Å². The molecule has 0 aliphatic heterocycles. The maximum Gasteiger partial charge on any atom is 0.243 e. The van der Waals surface area contributed by atoms with Gasteiger partial charge in [-0.15, -0.1) is 24.0 Å². The summed E-state index contributed by atoms with van der Waals surface area (Å²) in [6.07, 6.45) is 4.44. The van der Waals surface area contributed by atoms with E-state index in [4.69, 9.17) is 4.74 Å². The number of hydrogen-bond acceptors (Lipinski definition) is 3. The number of halogens is 1. The average molecular weight is 470 g/mol. The fourth-order valence-electron chi connectivity index (χ4n) is 2.10. The highest BCUT2D eigenvalue weighted by atomic mass is 127. The van der Waals surface area contributed by atoms with Gasteiger partial charge < -0.3 is 20.3 Å². The lowest BCUT2D eigenvalue weighted by Gasteiger charge is -2.19. The molecule has 1 amide bonds. The predicted molar refractivity (Wildman–Crippen MR) is 117 cm³/mol. The van der Waals surface area contributed by atoms with Gasteiger partial charge in [-0.2, -0.15) is 0 Å². The second kappa shape index (κ2) is 16.9. The summed E-state index contributed by atoms with van der Waals surface area (Å²) < 4.78 is 5.34. The van der Waals surface area contributed by atoms with Crippen LogP contribution < -0.4 is 10.6 Å². The van der Waals surface area contributed by atoms with Crippen LogP contribution in [0.2, 0.25) is 0 Å². The van der Waals surface area contributed by atoms with Crippen LogP contribution in [0, 0.1) is 5.92 Å². The second-order valence-electron chi connectivity index (χ2n) is 6.80. The minimum atomic E-state index is -0.00197. The lowest BCUT2D eigenvalue weighted by Crippen LogP contribution is -2.43. The highest BCUT2D eigenvalue weighted by Crippen LogP contribution is 2.08. The maximum absolute atomic E-state index is 11.7. The van der Waals surface area contributed by atoms with Crippen molar-refractivity contribution in [2.45, 2.75) is 59.4 Å². The zero-order valence-corrected chi connectivity index (χ0v) is 19.3. The molecule has 0 aromatic heterocycles. The molecule has 7 heteroatoms. The van der Waals surface area contributed by atoms with Crippen LogP contribution >= 0.6 is 24.0 Å². The number of likely N-dealkylation sites (N-methyl/N-ethyl adjacent to an activating group) is 1. The zero-order valence-electron chi connectivity index (χ0n) is 16.9. The highest BCUT2D eigenvalue weighted by molar-refractivity contribution is 14.0. The van der Waals surface area contributed by atoms with E-state index < -0.39 is 0 Å². The summed E-state index contributed by atoms with van der Waals surface area (Å²) in [6, 6.07) is 0.330. The van der Waals surface area contributed by atoms with E-state index in [9.17, 15) is 4.79 Å². The SMILES string of the molecule is CCOCCCNC(=NCC(=O)N(C)C)NC(C)CCCC(C)C.I. The number of carbonyl (C=O) groups is 1. The first-order valence-corrected chi connectivity index (χ1v) is 9.19. The van der Waals surface area contributed by atoms with E-state index >= 15 is 0 Å². The van der Waals surface area contributed by atoms with Crippen molar-refractivity contribution in [3.05, 3.63) is 0 Å². The molecule has 0 heterocycles. The molecule has 2 N–H and O–H groups in total. The summed E-state index contributed by atoms with van der Waals surface area (Å²) in [6.45, 7) is 11.1. The number of carbonyl (C=O) groups excluding carboxylic acids is 1. The van der Waals surface area contributed by atoms with Gasteiger partial charge >= 0.3 is 0 Å². The minimum Gasteiger partial charge on any atom is -0.382 e. The van der Waals surface area contributed by atoms with Gasteiger partial charge in [-0.3, -0.25) is 4.79 Å². The maximum atomic E-state index is 11.7. The van der Waals surface area contributed by atoms with Crippen LogP contribution in [-0.2, 0) is 9.53 Å². The zero-order chi connectivity index (χ0) is 18.4. The molecule has 0 spiro atoms. The Hall–Kier alpha value is -0.570. The van der Waals surface area contributed by atoms with Gasteiger partial charge in [0.25, 0.3) is 0 Å². The molecule has 150 valence electrons. The second-order valence-corrected chi connectivity index (χ2v) is 6.80. The van der Waals surface area contributed by atoms with Crippen molar-refractivity contribution in [3.63, 3.8) is 0 Å². The Morgan fingerprint density at radius 1 is 1.16 bits per heavy atom. The summed E-state index contributed by atoms with van der Waals surface area (Å²) in [7, 11) is 3.49. The van der Waals surface area contributed by atoms with Crippen LogP contribution in [0.25, 0.3) is 0 Å². The molecule has 6 nitrogen and oxygen atoms in total. The Kier molecular flexibility index (Phi) is 18.0. The van der Waals surface area contributed by atoms with Gasteiger partial charge in [0.1, 0.15) is 6.54 Å². The van der Waals surface area contributed by atoms with Crippen molar-refractivity contribution in [1.29, 1.82) is 0 Å².